The molecular weight excluding hydrogens is 509 g/mol. The Hall–Kier alpha value is -2.37. The van der Waals surface area contributed by atoms with Crippen LogP contribution in [-0.2, 0) is 12.8 Å². The number of halogens is 2. The molecule has 176 valence electrons. The van der Waals surface area contributed by atoms with Crippen molar-refractivity contribution in [1.82, 2.24) is 5.32 Å². The molecule has 3 aromatic rings. The van der Waals surface area contributed by atoms with Crippen LogP contribution in [0.2, 0.25) is 10.0 Å². The molecule has 1 aromatic carbocycles. The molecule has 0 aliphatic heterocycles. The molecule has 9 heteroatoms. The molecule has 0 radical (unpaired) electrons. The van der Waals surface area contributed by atoms with E-state index >= 15 is 0 Å². The lowest BCUT2D eigenvalue weighted by Crippen LogP contribution is -2.33. The number of carbonyl (C=O) groups is 1. The average molecular weight is 533 g/mol. The fraction of sp³-hybridized carbons (Fsp3) is 0.320. The Morgan fingerprint density at radius 3 is 2.74 bits per heavy atom. The summed E-state index contributed by atoms with van der Waals surface area (Å²) in [6, 6.07) is 10.7. The number of nitrogens with zero attached hydrogens (tertiary/aromatic N) is 1. The fourth-order valence-corrected chi connectivity index (χ4v) is 6.06. The Labute approximate surface area is 218 Å². The summed E-state index contributed by atoms with van der Waals surface area (Å²) >= 11 is 19.2. The van der Waals surface area contributed by atoms with Gasteiger partial charge in [0.1, 0.15) is 16.8 Å². The molecule has 1 atom stereocenters. The van der Waals surface area contributed by atoms with Crippen LogP contribution in [0, 0.1) is 22.7 Å². The monoisotopic (exact) mass is 531 g/mol. The van der Waals surface area contributed by atoms with Crippen molar-refractivity contribution < 1.29 is 9.21 Å². The first kappa shape index (κ1) is 24.7. The maximum Gasteiger partial charge on any atom is 0.293 e. The second kappa shape index (κ2) is 9.71. The van der Waals surface area contributed by atoms with Gasteiger partial charge in [0.15, 0.2) is 10.9 Å². The molecule has 5 nitrogen and oxygen atoms in total. The van der Waals surface area contributed by atoms with Gasteiger partial charge in [0.25, 0.3) is 5.91 Å². The van der Waals surface area contributed by atoms with E-state index in [0.29, 0.717) is 37.9 Å². The van der Waals surface area contributed by atoms with Crippen LogP contribution in [0.5, 0.6) is 0 Å². The number of hydrogen-bond donors (Lipinski definition) is 2. The van der Waals surface area contributed by atoms with Crippen LogP contribution in [0.4, 0.5) is 5.00 Å². The number of rotatable bonds is 3. The molecule has 2 heterocycles. The van der Waals surface area contributed by atoms with Crippen molar-refractivity contribution in [3.63, 3.8) is 0 Å². The maximum atomic E-state index is 12.7. The third-order valence-corrected chi connectivity index (χ3v) is 8.30. The SMILES string of the molecule is CC(C)(C)[C@H]1CCc2c(sc(NC(=S)NC(=O)c3ccc(-c4cccc(Cl)c4Cl)o3)c2C#N)C1. The topological polar surface area (TPSA) is 78.1 Å². The molecule has 1 amide bonds. The molecule has 2 N–H and O–H groups in total. The van der Waals surface area contributed by atoms with Gasteiger partial charge in [0, 0.05) is 10.4 Å². The van der Waals surface area contributed by atoms with Crippen molar-refractivity contribution in [1.29, 1.82) is 5.26 Å². The number of carbonyl (C=O) groups excluding carboxylic acids is 1. The minimum atomic E-state index is -0.505. The second-order valence-corrected chi connectivity index (χ2v) is 11.6. The predicted molar refractivity (Wildman–Crippen MR) is 142 cm³/mol. The molecule has 34 heavy (non-hydrogen) atoms. The van der Waals surface area contributed by atoms with Crippen molar-refractivity contribution >= 4 is 62.8 Å². The van der Waals surface area contributed by atoms with E-state index in [1.54, 1.807) is 30.3 Å². The normalized spacial score (nSPS) is 15.4. The Morgan fingerprint density at radius 1 is 1.26 bits per heavy atom. The number of furan rings is 1. The van der Waals surface area contributed by atoms with E-state index in [1.807, 2.05) is 0 Å². The van der Waals surface area contributed by atoms with Crippen molar-refractivity contribution in [3.05, 3.63) is 62.1 Å². The van der Waals surface area contributed by atoms with Crippen LogP contribution in [0.3, 0.4) is 0 Å². The van der Waals surface area contributed by atoms with Crippen LogP contribution in [0.25, 0.3) is 11.3 Å². The molecule has 0 unspecified atom stereocenters. The third kappa shape index (κ3) is 5.01. The number of fused-ring (bicyclic) bond motifs is 1. The highest BCUT2D eigenvalue weighted by Gasteiger charge is 2.32. The largest absolute Gasteiger partial charge is 0.451 e. The lowest BCUT2D eigenvalue weighted by molar-refractivity contribution is 0.0951. The summed E-state index contributed by atoms with van der Waals surface area (Å²) in [5.41, 5.74) is 2.51. The fourth-order valence-electron chi connectivity index (χ4n) is 4.13. The number of hydrogen-bond acceptors (Lipinski definition) is 5. The molecule has 0 saturated heterocycles. The number of thiophene rings is 1. The van der Waals surface area contributed by atoms with Gasteiger partial charge >= 0.3 is 0 Å². The van der Waals surface area contributed by atoms with Crippen LogP contribution in [-0.4, -0.2) is 11.0 Å². The highest BCUT2D eigenvalue weighted by atomic mass is 35.5. The van der Waals surface area contributed by atoms with Gasteiger partial charge in [0.2, 0.25) is 0 Å². The average Bonchev–Trinajstić information content (AvgIpc) is 3.39. The quantitative estimate of drug-likeness (QED) is 0.342. The second-order valence-electron chi connectivity index (χ2n) is 9.30. The molecular formula is C25H23Cl2N3O2S2. The zero-order valence-electron chi connectivity index (χ0n) is 18.9. The third-order valence-electron chi connectivity index (χ3n) is 6.10. The lowest BCUT2D eigenvalue weighted by Gasteiger charge is -2.33. The van der Waals surface area contributed by atoms with Crippen molar-refractivity contribution in [2.24, 2.45) is 11.3 Å². The van der Waals surface area contributed by atoms with E-state index < -0.39 is 5.91 Å². The highest BCUT2D eigenvalue weighted by molar-refractivity contribution is 7.80. The summed E-state index contributed by atoms with van der Waals surface area (Å²) < 4.78 is 5.68. The van der Waals surface area contributed by atoms with Gasteiger partial charge in [-0.15, -0.1) is 11.3 Å². The van der Waals surface area contributed by atoms with E-state index in [2.05, 4.69) is 37.5 Å². The summed E-state index contributed by atoms with van der Waals surface area (Å²) in [5, 5.41) is 16.9. The van der Waals surface area contributed by atoms with Gasteiger partial charge in [-0.05, 0) is 72.6 Å². The van der Waals surface area contributed by atoms with Crippen LogP contribution in [0.1, 0.15) is 53.8 Å². The van der Waals surface area contributed by atoms with Gasteiger partial charge in [0.05, 0.1) is 15.6 Å². The van der Waals surface area contributed by atoms with Crippen LogP contribution >= 0.6 is 46.8 Å². The van der Waals surface area contributed by atoms with E-state index in [-0.39, 0.29) is 16.3 Å². The predicted octanol–water partition coefficient (Wildman–Crippen LogP) is 7.46. The van der Waals surface area contributed by atoms with Gasteiger partial charge in [-0.1, -0.05) is 50.0 Å². The molecule has 0 bridgehead atoms. The zero-order valence-corrected chi connectivity index (χ0v) is 22.1. The highest BCUT2D eigenvalue weighted by Crippen LogP contribution is 2.44. The van der Waals surface area contributed by atoms with Gasteiger partial charge in [-0.2, -0.15) is 5.26 Å². The minimum Gasteiger partial charge on any atom is -0.451 e. The van der Waals surface area contributed by atoms with Gasteiger partial charge < -0.3 is 9.73 Å². The zero-order chi connectivity index (χ0) is 24.6. The van der Waals surface area contributed by atoms with Crippen LogP contribution in [0.15, 0.2) is 34.7 Å². The number of thiocarbonyl (C=S) groups is 1. The standard InChI is InChI=1S/C25H23Cl2N3O2S2/c1-25(2,3)13-7-8-14-16(12-28)23(34-20(14)11-13)30-24(33)29-22(31)19-10-9-18(32-19)15-5-4-6-17(26)21(15)27/h4-6,9-10,13H,7-8,11H2,1-3H3,(H2,29,30,31,33)/t13-/m0/s1. The first-order valence-corrected chi connectivity index (χ1v) is 12.8. The summed E-state index contributed by atoms with van der Waals surface area (Å²) in [5.74, 6) is 0.553. The smallest absolute Gasteiger partial charge is 0.293 e. The minimum absolute atomic E-state index is 0.0780. The Bertz CT molecular complexity index is 1310. The van der Waals surface area contributed by atoms with Gasteiger partial charge in [-0.3, -0.25) is 10.1 Å². The van der Waals surface area contributed by atoms with Gasteiger partial charge in [-0.25, -0.2) is 0 Å². The summed E-state index contributed by atoms with van der Waals surface area (Å²) in [4.78, 5) is 13.9. The molecule has 2 aromatic heterocycles. The van der Waals surface area contributed by atoms with Crippen molar-refractivity contribution in [2.45, 2.75) is 40.0 Å². The van der Waals surface area contributed by atoms with E-state index in [4.69, 9.17) is 39.8 Å². The lowest BCUT2D eigenvalue weighted by atomic mass is 9.72. The number of anilines is 1. The summed E-state index contributed by atoms with van der Waals surface area (Å²) in [6.45, 7) is 6.77. The van der Waals surface area contributed by atoms with E-state index in [0.717, 1.165) is 24.8 Å². The maximum absolute atomic E-state index is 12.7. The summed E-state index contributed by atoms with van der Waals surface area (Å²) in [6.07, 6.45) is 2.87. The van der Waals surface area contributed by atoms with E-state index in [1.165, 1.54) is 16.2 Å². The molecule has 0 saturated carbocycles. The molecule has 0 spiro atoms. The van der Waals surface area contributed by atoms with Crippen molar-refractivity contribution in [2.75, 3.05) is 5.32 Å². The Kier molecular flexibility index (Phi) is 7.07. The number of nitrogens with one attached hydrogen (secondary N) is 2. The Morgan fingerprint density at radius 2 is 2.03 bits per heavy atom. The molecule has 1 aliphatic rings. The number of benzene rings is 1. The first-order chi connectivity index (χ1) is 16.1. The summed E-state index contributed by atoms with van der Waals surface area (Å²) in [7, 11) is 0. The first-order valence-electron chi connectivity index (χ1n) is 10.8. The van der Waals surface area contributed by atoms with Crippen LogP contribution < -0.4 is 10.6 Å². The Balaban J connectivity index is 1.46. The van der Waals surface area contributed by atoms with Crippen molar-refractivity contribution in [3.8, 4) is 17.4 Å². The molecule has 0 fully saturated rings. The molecule has 4 rings (SSSR count). The van der Waals surface area contributed by atoms with E-state index in [9.17, 15) is 10.1 Å². The number of nitriles is 1. The molecule has 1 aliphatic carbocycles. The number of amides is 1.